The molecule has 1 aromatic carbocycles. The summed E-state index contributed by atoms with van der Waals surface area (Å²) in [6.45, 7) is 1.72. The molecule has 0 saturated carbocycles. The van der Waals surface area contributed by atoms with Gasteiger partial charge in [-0.15, -0.1) is 0 Å². The number of halogens is 1. The fraction of sp³-hybridized carbons (Fsp3) is 0.368. The van der Waals surface area contributed by atoms with E-state index in [2.05, 4.69) is 15.3 Å². The standard InChI is InChI=1S/C19H21FN4O2/c20-15-6-4-14(5-7-15)8-9-23-18(25)16-17(22-11-10-21-16)19(26)24-12-2-1-3-13-24/h4-7,10-11H,1-3,8-9,12-13H2,(H,23,25). The number of aromatic nitrogens is 2. The van der Waals surface area contributed by atoms with E-state index in [1.165, 1.54) is 24.5 Å². The molecule has 0 spiro atoms. The van der Waals surface area contributed by atoms with Gasteiger partial charge in [0.25, 0.3) is 11.8 Å². The van der Waals surface area contributed by atoms with Crippen LogP contribution in [0.5, 0.6) is 0 Å². The van der Waals surface area contributed by atoms with Crippen molar-refractivity contribution in [3.05, 3.63) is 59.4 Å². The highest BCUT2D eigenvalue weighted by atomic mass is 19.1. The number of benzene rings is 1. The summed E-state index contributed by atoms with van der Waals surface area (Å²) < 4.78 is 12.9. The van der Waals surface area contributed by atoms with Crippen LogP contribution in [0.25, 0.3) is 0 Å². The van der Waals surface area contributed by atoms with Gasteiger partial charge in [-0.2, -0.15) is 0 Å². The van der Waals surface area contributed by atoms with Gasteiger partial charge in [-0.3, -0.25) is 9.59 Å². The predicted molar refractivity (Wildman–Crippen MR) is 94.2 cm³/mol. The van der Waals surface area contributed by atoms with Gasteiger partial charge in [0.15, 0.2) is 11.4 Å². The second-order valence-electron chi connectivity index (χ2n) is 6.24. The normalized spacial score (nSPS) is 14.1. The molecule has 26 heavy (non-hydrogen) atoms. The van der Waals surface area contributed by atoms with E-state index in [1.807, 2.05) is 0 Å². The smallest absolute Gasteiger partial charge is 0.274 e. The van der Waals surface area contributed by atoms with E-state index in [0.717, 1.165) is 24.8 Å². The van der Waals surface area contributed by atoms with Crippen LogP contribution in [-0.4, -0.2) is 46.3 Å². The van der Waals surface area contributed by atoms with Crippen LogP contribution >= 0.6 is 0 Å². The molecule has 6 nitrogen and oxygen atoms in total. The van der Waals surface area contributed by atoms with Crippen molar-refractivity contribution in [3.8, 4) is 0 Å². The highest BCUT2D eigenvalue weighted by Gasteiger charge is 2.25. The number of hydrogen-bond acceptors (Lipinski definition) is 4. The average Bonchev–Trinajstić information content (AvgIpc) is 2.69. The Morgan fingerprint density at radius 1 is 1.00 bits per heavy atom. The summed E-state index contributed by atoms with van der Waals surface area (Å²) in [7, 11) is 0. The lowest BCUT2D eigenvalue weighted by Gasteiger charge is -2.26. The van der Waals surface area contributed by atoms with Crippen LogP contribution in [0.3, 0.4) is 0 Å². The van der Waals surface area contributed by atoms with Gasteiger partial charge in [0.1, 0.15) is 5.82 Å². The Hall–Kier alpha value is -2.83. The minimum atomic E-state index is -0.430. The van der Waals surface area contributed by atoms with Gasteiger partial charge in [-0.1, -0.05) is 12.1 Å². The summed E-state index contributed by atoms with van der Waals surface area (Å²) >= 11 is 0. The van der Waals surface area contributed by atoms with Gasteiger partial charge in [0, 0.05) is 32.0 Å². The van der Waals surface area contributed by atoms with Crippen LogP contribution in [0.15, 0.2) is 36.7 Å². The van der Waals surface area contributed by atoms with E-state index in [-0.39, 0.29) is 23.1 Å². The van der Waals surface area contributed by atoms with E-state index >= 15 is 0 Å². The number of nitrogens with zero attached hydrogens (tertiary/aromatic N) is 3. The molecule has 3 rings (SSSR count). The molecule has 1 N–H and O–H groups in total. The van der Waals surface area contributed by atoms with Gasteiger partial charge < -0.3 is 10.2 Å². The Morgan fingerprint density at radius 3 is 2.35 bits per heavy atom. The molecule has 1 aromatic heterocycles. The number of carbonyl (C=O) groups is 2. The number of amides is 2. The molecule has 7 heteroatoms. The van der Waals surface area contributed by atoms with Crippen LogP contribution < -0.4 is 5.32 Å². The number of likely N-dealkylation sites (tertiary alicyclic amines) is 1. The lowest BCUT2D eigenvalue weighted by atomic mass is 10.1. The number of piperidine rings is 1. The zero-order valence-electron chi connectivity index (χ0n) is 14.4. The van der Waals surface area contributed by atoms with Crippen LogP contribution in [0.4, 0.5) is 4.39 Å². The van der Waals surface area contributed by atoms with Crippen molar-refractivity contribution in [1.82, 2.24) is 20.2 Å². The molecule has 1 saturated heterocycles. The lowest BCUT2D eigenvalue weighted by Crippen LogP contribution is -2.38. The van der Waals surface area contributed by atoms with Crippen molar-refractivity contribution in [3.63, 3.8) is 0 Å². The van der Waals surface area contributed by atoms with Gasteiger partial charge in [-0.25, -0.2) is 14.4 Å². The van der Waals surface area contributed by atoms with E-state index in [9.17, 15) is 14.0 Å². The monoisotopic (exact) mass is 356 g/mol. The SMILES string of the molecule is O=C(NCCc1ccc(F)cc1)c1nccnc1C(=O)N1CCCCC1. The Labute approximate surface area is 151 Å². The molecule has 2 aromatic rings. The Balaban J connectivity index is 1.63. The first kappa shape index (κ1) is 18.0. The van der Waals surface area contributed by atoms with Gasteiger partial charge in [0.05, 0.1) is 0 Å². The maximum absolute atomic E-state index is 12.9. The first-order chi connectivity index (χ1) is 12.6. The van der Waals surface area contributed by atoms with Crippen molar-refractivity contribution in [2.45, 2.75) is 25.7 Å². The number of carbonyl (C=O) groups excluding carboxylic acids is 2. The van der Waals surface area contributed by atoms with Gasteiger partial charge in [-0.05, 0) is 43.4 Å². The Bertz CT molecular complexity index is 773. The first-order valence-corrected chi connectivity index (χ1v) is 8.78. The van der Waals surface area contributed by atoms with Crippen molar-refractivity contribution in [2.24, 2.45) is 0 Å². The molecule has 0 bridgehead atoms. The first-order valence-electron chi connectivity index (χ1n) is 8.78. The maximum Gasteiger partial charge on any atom is 0.274 e. The molecule has 1 fully saturated rings. The summed E-state index contributed by atoms with van der Waals surface area (Å²) in [5.74, 6) is -0.972. The second-order valence-corrected chi connectivity index (χ2v) is 6.24. The van der Waals surface area contributed by atoms with Gasteiger partial charge >= 0.3 is 0 Å². The van der Waals surface area contributed by atoms with E-state index in [1.54, 1.807) is 17.0 Å². The number of nitrogens with one attached hydrogen (secondary N) is 1. The van der Waals surface area contributed by atoms with Crippen molar-refractivity contribution in [1.29, 1.82) is 0 Å². The summed E-state index contributed by atoms with van der Waals surface area (Å²) in [4.78, 5) is 35.0. The topological polar surface area (TPSA) is 75.2 Å². The van der Waals surface area contributed by atoms with E-state index in [0.29, 0.717) is 26.1 Å². The number of hydrogen-bond donors (Lipinski definition) is 1. The minimum absolute atomic E-state index is 0.0437. The van der Waals surface area contributed by atoms with Crippen LogP contribution in [-0.2, 0) is 6.42 Å². The minimum Gasteiger partial charge on any atom is -0.350 e. The molecule has 0 atom stereocenters. The third-order valence-corrected chi connectivity index (χ3v) is 4.37. The quantitative estimate of drug-likeness (QED) is 0.891. The second kappa shape index (κ2) is 8.51. The predicted octanol–water partition coefficient (Wildman–Crippen LogP) is 2.21. The fourth-order valence-electron chi connectivity index (χ4n) is 2.96. The van der Waals surface area contributed by atoms with Crippen LogP contribution in [0.1, 0.15) is 45.8 Å². The van der Waals surface area contributed by atoms with Crippen molar-refractivity contribution in [2.75, 3.05) is 19.6 Å². The highest BCUT2D eigenvalue weighted by Crippen LogP contribution is 2.13. The van der Waals surface area contributed by atoms with Crippen LogP contribution in [0.2, 0.25) is 0 Å². The van der Waals surface area contributed by atoms with Gasteiger partial charge in [0.2, 0.25) is 0 Å². The molecule has 0 aliphatic carbocycles. The molecule has 136 valence electrons. The molecule has 2 amide bonds. The van der Waals surface area contributed by atoms with Crippen molar-refractivity contribution >= 4 is 11.8 Å². The third kappa shape index (κ3) is 4.41. The zero-order valence-corrected chi connectivity index (χ0v) is 14.4. The summed E-state index contributed by atoms with van der Waals surface area (Å²) in [6.07, 6.45) is 6.42. The van der Waals surface area contributed by atoms with Crippen LogP contribution in [0, 0.1) is 5.82 Å². The average molecular weight is 356 g/mol. The summed E-state index contributed by atoms with van der Waals surface area (Å²) in [5.41, 5.74) is 1.05. The largest absolute Gasteiger partial charge is 0.350 e. The maximum atomic E-state index is 12.9. The van der Waals surface area contributed by atoms with E-state index in [4.69, 9.17) is 0 Å². The molecule has 2 heterocycles. The third-order valence-electron chi connectivity index (χ3n) is 4.37. The molecular formula is C19H21FN4O2. The number of rotatable bonds is 5. The molecular weight excluding hydrogens is 335 g/mol. The Morgan fingerprint density at radius 2 is 1.65 bits per heavy atom. The summed E-state index contributed by atoms with van der Waals surface area (Å²) in [6, 6.07) is 6.12. The molecule has 0 unspecified atom stereocenters. The fourth-order valence-corrected chi connectivity index (χ4v) is 2.96. The Kier molecular flexibility index (Phi) is 5.88. The lowest BCUT2D eigenvalue weighted by molar-refractivity contribution is 0.0711. The molecule has 1 aliphatic rings. The van der Waals surface area contributed by atoms with E-state index < -0.39 is 5.91 Å². The molecule has 0 radical (unpaired) electrons. The molecule has 1 aliphatic heterocycles. The highest BCUT2D eigenvalue weighted by molar-refractivity contribution is 6.04. The van der Waals surface area contributed by atoms with Crippen molar-refractivity contribution < 1.29 is 14.0 Å². The zero-order chi connectivity index (χ0) is 18.4. The summed E-state index contributed by atoms with van der Waals surface area (Å²) in [5, 5.41) is 2.75.